The van der Waals surface area contributed by atoms with Crippen molar-refractivity contribution < 1.29 is 0 Å². The van der Waals surface area contributed by atoms with E-state index in [0.29, 0.717) is 0 Å². The van der Waals surface area contributed by atoms with Crippen LogP contribution in [0.15, 0.2) is 23.1 Å². The van der Waals surface area contributed by atoms with Gasteiger partial charge in [0.1, 0.15) is 0 Å². The van der Waals surface area contributed by atoms with Gasteiger partial charge in [0.05, 0.1) is 5.02 Å². The van der Waals surface area contributed by atoms with Crippen molar-refractivity contribution in [1.29, 1.82) is 0 Å². The molecule has 1 rings (SSSR count). The van der Waals surface area contributed by atoms with Crippen molar-refractivity contribution in [3.05, 3.63) is 28.8 Å². The molecule has 3 heteroatoms. The van der Waals surface area contributed by atoms with E-state index in [1.807, 2.05) is 24.8 Å². The fourth-order valence-corrected chi connectivity index (χ4v) is 2.61. The Kier molecular flexibility index (Phi) is 5.51. The fourth-order valence-electron chi connectivity index (χ4n) is 1.24. The van der Waals surface area contributed by atoms with E-state index >= 15 is 0 Å². The molecule has 0 aromatic heterocycles. The molecule has 0 aliphatic heterocycles. The molecule has 0 saturated heterocycles. The van der Waals surface area contributed by atoms with Crippen LogP contribution in [0, 0.1) is 0 Å². The summed E-state index contributed by atoms with van der Waals surface area (Å²) in [6.45, 7) is 4.16. The number of nitrogens with two attached hydrogens (primary N) is 1. The van der Waals surface area contributed by atoms with Crippen molar-refractivity contribution in [2.24, 2.45) is 5.73 Å². The van der Waals surface area contributed by atoms with Crippen LogP contribution >= 0.6 is 23.4 Å². The number of hydrogen-bond acceptors (Lipinski definition) is 2. The zero-order valence-electron chi connectivity index (χ0n) is 9.29. The summed E-state index contributed by atoms with van der Waals surface area (Å²) in [5.41, 5.74) is 6.89. The number of unbranched alkanes of at least 4 members (excludes halogenated alkanes) is 1. The first kappa shape index (κ1) is 12.9. The molecule has 0 fully saturated rings. The maximum atomic E-state index is 6.18. The van der Waals surface area contributed by atoms with Crippen molar-refractivity contribution in [2.45, 2.75) is 37.6 Å². The normalized spacial score (nSPS) is 12.8. The topological polar surface area (TPSA) is 26.0 Å². The molecule has 0 radical (unpaired) electrons. The van der Waals surface area contributed by atoms with Gasteiger partial charge in [-0.05, 0) is 36.8 Å². The van der Waals surface area contributed by atoms with E-state index < -0.39 is 0 Å². The third kappa shape index (κ3) is 4.06. The van der Waals surface area contributed by atoms with Crippen LogP contribution in [0.25, 0.3) is 0 Å². The van der Waals surface area contributed by atoms with Crippen LogP contribution in [0.4, 0.5) is 0 Å². The lowest BCUT2D eigenvalue weighted by Crippen LogP contribution is -2.04. The molecule has 0 aliphatic rings. The van der Waals surface area contributed by atoms with Gasteiger partial charge in [-0.2, -0.15) is 0 Å². The lowest BCUT2D eigenvalue weighted by molar-refractivity contribution is 0.817. The first-order chi connectivity index (χ1) is 7.15. The number of hydrogen-bond donors (Lipinski definition) is 1. The molecule has 1 atom stereocenters. The molecular formula is C12H18ClNS. The monoisotopic (exact) mass is 243 g/mol. The van der Waals surface area contributed by atoms with Crippen LogP contribution in [-0.2, 0) is 0 Å². The van der Waals surface area contributed by atoms with Crippen molar-refractivity contribution >= 4 is 23.4 Å². The van der Waals surface area contributed by atoms with Crippen LogP contribution in [-0.4, -0.2) is 5.75 Å². The minimum absolute atomic E-state index is 0.0530. The van der Waals surface area contributed by atoms with Gasteiger partial charge in [0.15, 0.2) is 0 Å². The van der Waals surface area contributed by atoms with E-state index in [9.17, 15) is 0 Å². The minimum atomic E-state index is 0.0530. The smallest absolute Gasteiger partial charge is 0.0545 e. The fraction of sp³-hybridized carbons (Fsp3) is 0.500. The zero-order valence-corrected chi connectivity index (χ0v) is 10.9. The Hall–Kier alpha value is -0.180. The molecule has 1 aromatic carbocycles. The first-order valence-corrected chi connectivity index (χ1v) is 6.69. The predicted molar refractivity (Wildman–Crippen MR) is 69.7 cm³/mol. The number of thioether (sulfide) groups is 1. The Morgan fingerprint density at radius 3 is 2.73 bits per heavy atom. The Balaban J connectivity index is 2.66. The second-order valence-electron chi connectivity index (χ2n) is 3.68. The molecular weight excluding hydrogens is 226 g/mol. The highest BCUT2D eigenvalue weighted by atomic mass is 35.5. The predicted octanol–water partition coefficient (Wildman–Crippen LogP) is 4.25. The van der Waals surface area contributed by atoms with Gasteiger partial charge in [0.25, 0.3) is 0 Å². The molecule has 0 amide bonds. The molecule has 1 nitrogen and oxygen atoms in total. The van der Waals surface area contributed by atoms with Crippen molar-refractivity contribution in [3.8, 4) is 0 Å². The average Bonchev–Trinajstić information content (AvgIpc) is 2.20. The summed E-state index contributed by atoms with van der Waals surface area (Å²) in [7, 11) is 0. The van der Waals surface area contributed by atoms with Gasteiger partial charge in [0, 0.05) is 10.9 Å². The van der Waals surface area contributed by atoms with Gasteiger partial charge in [0.2, 0.25) is 0 Å². The van der Waals surface area contributed by atoms with E-state index in [2.05, 4.69) is 19.1 Å². The average molecular weight is 244 g/mol. The molecule has 1 aromatic rings. The molecule has 15 heavy (non-hydrogen) atoms. The molecule has 2 N–H and O–H groups in total. The van der Waals surface area contributed by atoms with Crippen LogP contribution in [0.1, 0.15) is 38.3 Å². The molecule has 0 bridgehead atoms. The summed E-state index contributed by atoms with van der Waals surface area (Å²) in [6.07, 6.45) is 2.46. The molecule has 0 saturated carbocycles. The van der Waals surface area contributed by atoms with Gasteiger partial charge in [-0.15, -0.1) is 11.8 Å². The van der Waals surface area contributed by atoms with Gasteiger partial charge >= 0.3 is 0 Å². The third-order valence-electron chi connectivity index (χ3n) is 2.24. The maximum Gasteiger partial charge on any atom is 0.0545 e. The second kappa shape index (κ2) is 6.41. The summed E-state index contributed by atoms with van der Waals surface area (Å²) in [6, 6.07) is 6.16. The van der Waals surface area contributed by atoms with Crippen molar-refractivity contribution in [1.82, 2.24) is 0 Å². The highest BCUT2D eigenvalue weighted by Gasteiger charge is 2.04. The minimum Gasteiger partial charge on any atom is -0.324 e. The van der Waals surface area contributed by atoms with Crippen molar-refractivity contribution in [2.75, 3.05) is 5.75 Å². The summed E-state index contributed by atoms with van der Waals surface area (Å²) < 4.78 is 0. The lowest BCUT2D eigenvalue weighted by atomic mass is 10.1. The molecule has 0 heterocycles. The summed E-state index contributed by atoms with van der Waals surface area (Å²) in [5, 5.41) is 0.825. The second-order valence-corrected chi connectivity index (χ2v) is 5.22. The molecule has 0 spiro atoms. The number of rotatable bonds is 5. The van der Waals surface area contributed by atoms with E-state index in [0.717, 1.165) is 21.2 Å². The Morgan fingerprint density at radius 1 is 1.47 bits per heavy atom. The van der Waals surface area contributed by atoms with Crippen LogP contribution in [0.2, 0.25) is 5.02 Å². The summed E-state index contributed by atoms with van der Waals surface area (Å²) in [4.78, 5) is 1.16. The standard InChI is InChI=1S/C12H18ClNS/c1-3-4-7-15-12-6-5-10(9(2)14)8-11(12)13/h5-6,8-9H,3-4,7,14H2,1-2H3. The maximum absolute atomic E-state index is 6.18. The van der Waals surface area contributed by atoms with Crippen LogP contribution in [0.5, 0.6) is 0 Å². The van der Waals surface area contributed by atoms with Gasteiger partial charge < -0.3 is 5.73 Å². The summed E-state index contributed by atoms with van der Waals surface area (Å²) in [5.74, 6) is 1.13. The van der Waals surface area contributed by atoms with Gasteiger partial charge in [-0.1, -0.05) is 31.0 Å². The van der Waals surface area contributed by atoms with Crippen molar-refractivity contribution in [3.63, 3.8) is 0 Å². The largest absolute Gasteiger partial charge is 0.324 e. The SMILES string of the molecule is CCCCSc1ccc(C(C)N)cc1Cl. The quantitative estimate of drug-likeness (QED) is 0.618. The van der Waals surface area contributed by atoms with Gasteiger partial charge in [-0.25, -0.2) is 0 Å². The summed E-state index contributed by atoms with van der Waals surface area (Å²) >= 11 is 8.00. The van der Waals surface area contributed by atoms with E-state index in [1.165, 1.54) is 12.8 Å². The first-order valence-electron chi connectivity index (χ1n) is 5.33. The highest BCUT2D eigenvalue weighted by molar-refractivity contribution is 7.99. The van der Waals surface area contributed by atoms with E-state index in [4.69, 9.17) is 17.3 Å². The Morgan fingerprint density at radius 2 is 2.20 bits per heavy atom. The molecule has 0 aliphatic carbocycles. The van der Waals surface area contributed by atoms with Gasteiger partial charge in [-0.3, -0.25) is 0 Å². The highest BCUT2D eigenvalue weighted by Crippen LogP contribution is 2.29. The number of halogens is 1. The zero-order chi connectivity index (χ0) is 11.3. The van der Waals surface area contributed by atoms with Crippen LogP contribution < -0.4 is 5.73 Å². The third-order valence-corrected chi connectivity index (χ3v) is 3.82. The lowest BCUT2D eigenvalue weighted by Gasteiger charge is -2.09. The Labute approximate surface area is 101 Å². The van der Waals surface area contributed by atoms with Crippen LogP contribution in [0.3, 0.4) is 0 Å². The molecule has 84 valence electrons. The number of benzene rings is 1. The van der Waals surface area contributed by atoms with E-state index in [1.54, 1.807) is 0 Å². The van der Waals surface area contributed by atoms with E-state index in [-0.39, 0.29) is 6.04 Å². The molecule has 1 unspecified atom stereocenters. The Bertz CT molecular complexity index is 312.